The predicted octanol–water partition coefficient (Wildman–Crippen LogP) is 1.91. The van der Waals surface area contributed by atoms with E-state index in [1.807, 2.05) is 30.5 Å². The average Bonchev–Trinajstić information content (AvgIpc) is 2.38. The monoisotopic (exact) mass is 226 g/mol. The molecular weight excluding hydrogens is 216 g/mol. The Hall–Kier alpha value is -2.49. The van der Waals surface area contributed by atoms with Crippen molar-refractivity contribution in [3.05, 3.63) is 59.6 Å². The standard InChI is InChI=1S/C13H10N2O2/c16-13(17)8-5-10-9-3-1-2-4-11(9)15-7-12(10)14-6-8/h1-7,14-15H,(H,16,17). The lowest BCUT2D eigenvalue weighted by Gasteiger charge is -2.24. The Labute approximate surface area is 98.0 Å². The number of carboxylic acid groups (broad SMARTS) is 1. The van der Waals surface area contributed by atoms with Gasteiger partial charge in [-0.2, -0.15) is 0 Å². The number of hydrogen-bond acceptors (Lipinski definition) is 3. The number of carboxylic acids is 1. The maximum atomic E-state index is 11.0. The maximum absolute atomic E-state index is 11.0. The Bertz CT molecular complexity index is 597. The summed E-state index contributed by atoms with van der Waals surface area (Å²) in [4.78, 5) is 11.0. The molecule has 0 bridgehead atoms. The first-order chi connectivity index (χ1) is 8.25. The minimum atomic E-state index is -0.930. The first-order valence-electron chi connectivity index (χ1n) is 5.24. The number of carbonyl (C=O) groups is 1. The van der Waals surface area contributed by atoms with E-state index in [1.165, 1.54) is 6.20 Å². The summed E-state index contributed by atoms with van der Waals surface area (Å²) in [7, 11) is 0. The summed E-state index contributed by atoms with van der Waals surface area (Å²) in [5, 5.41) is 15.1. The Morgan fingerprint density at radius 2 is 1.94 bits per heavy atom. The molecule has 3 N–H and O–H groups in total. The van der Waals surface area contributed by atoms with Crippen LogP contribution >= 0.6 is 0 Å². The lowest BCUT2D eigenvalue weighted by Crippen LogP contribution is -2.19. The van der Waals surface area contributed by atoms with Crippen molar-refractivity contribution in [3.8, 4) is 0 Å². The quantitative estimate of drug-likeness (QED) is 0.684. The molecule has 84 valence electrons. The van der Waals surface area contributed by atoms with Gasteiger partial charge in [0.05, 0.1) is 11.3 Å². The minimum Gasteiger partial charge on any atom is -0.478 e. The van der Waals surface area contributed by atoms with E-state index in [1.54, 1.807) is 6.08 Å². The van der Waals surface area contributed by atoms with Crippen LogP contribution in [0.2, 0.25) is 0 Å². The largest absolute Gasteiger partial charge is 0.478 e. The summed E-state index contributed by atoms with van der Waals surface area (Å²) in [6, 6.07) is 7.80. The van der Waals surface area contributed by atoms with Gasteiger partial charge in [-0.3, -0.25) is 0 Å². The molecule has 0 fully saturated rings. The van der Waals surface area contributed by atoms with Crippen molar-refractivity contribution in [2.24, 2.45) is 0 Å². The van der Waals surface area contributed by atoms with Gasteiger partial charge in [0.25, 0.3) is 0 Å². The van der Waals surface area contributed by atoms with Gasteiger partial charge < -0.3 is 15.7 Å². The zero-order chi connectivity index (χ0) is 11.8. The predicted molar refractivity (Wildman–Crippen MR) is 65.0 cm³/mol. The van der Waals surface area contributed by atoms with Crippen molar-refractivity contribution >= 4 is 17.2 Å². The lowest BCUT2D eigenvalue weighted by molar-refractivity contribution is -0.132. The van der Waals surface area contributed by atoms with E-state index in [2.05, 4.69) is 10.6 Å². The molecule has 1 aromatic carbocycles. The summed E-state index contributed by atoms with van der Waals surface area (Å²) < 4.78 is 0. The normalized spacial score (nSPS) is 16.4. The molecule has 4 nitrogen and oxygen atoms in total. The van der Waals surface area contributed by atoms with Crippen LogP contribution in [0.5, 0.6) is 0 Å². The molecule has 0 saturated heterocycles. The molecule has 0 spiro atoms. The highest BCUT2D eigenvalue weighted by molar-refractivity contribution is 5.99. The number of benzene rings is 1. The summed E-state index contributed by atoms with van der Waals surface area (Å²) >= 11 is 0. The molecule has 0 saturated carbocycles. The third-order valence-corrected chi connectivity index (χ3v) is 2.81. The van der Waals surface area contributed by atoms with E-state index >= 15 is 0 Å². The van der Waals surface area contributed by atoms with E-state index in [9.17, 15) is 4.79 Å². The van der Waals surface area contributed by atoms with Gasteiger partial charge in [-0.15, -0.1) is 0 Å². The number of hydrogen-bond donors (Lipinski definition) is 3. The van der Waals surface area contributed by atoms with Gasteiger partial charge in [0.15, 0.2) is 0 Å². The Morgan fingerprint density at radius 3 is 2.76 bits per heavy atom. The number of fused-ring (bicyclic) bond motifs is 3. The number of para-hydroxylation sites is 1. The molecule has 0 amide bonds. The number of dihydropyridines is 1. The number of rotatable bonds is 1. The van der Waals surface area contributed by atoms with Crippen molar-refractivity contribution < 1.29 is 9.90 Å². The highest BCUT2D eigenvalue weighted by atomic mass is 16.4. The second-order valence-electron chi connectivity index (χ2n) is 3.86. The zero-order valence-electron chi connectivity index (χ0n) is 8.90. The fraction of sp³-hybridized carbons (Fsp3) is 0. The Morgan fingerprint density at radius 1 is 1.12 bits per heavy atom. The second-order valence-corrected chi connectivity index (χ2v) is 3.86. The van der Waals surface area contributed by atoms with Crippen LogP contribution < -0.4 is 10.6 Å². The first kappa shape index (κ1) is 9.72. The van der Waals surface area contributed by atoms with Gasteiger partial charge in [0.2, 0.25) is 0 Å². The minimum absolute atomic E-state index is 0.258. The van der Waals surface area contributed by atoms with E-state index in [-0.39, 0.29) is 5.57 Å². The summed E-state index contributed by atoms with van der Waals surface area (Å²) in [6.45, 7) is 0. The molecule has 4 heteroatoms. The molecule has 0 aliphatic carbocycles. The van der Waals surface area contributed by atoms with Crippen molar-refractivity contribution in [2.75, 3.05) is 5.32 Å². The molecule has 2 heterocycles. The van der Waals surface area contributed by atoms with Crippen molar-refractivity contribution in [1.82, 2.24) is 5.32 Å². The number of nitrogens with one attached hydrogen (secondary N) is 2. The molecule has 3 rings (SSSR count). The fourth-order valence-electron chi connectivity index (χ4n) is 1.97. The van der Waals surface area contributed by atoms with Crippen molar-refractivity contribution in [2.45, 2.75) is 0 Å². The van der Waals surface area contributed by atoms with Crippen LogP contribution in [0.1, 0.15) is 5.56 Å². The van der Waals surface area contributed by atoms with Crippen LogP contribution in [0, 0.1) is 0 Å². The average molecular weight is 226 g/mol. The van der Waals surface area contributed by atoms with E-state index in [0.717, 1.165) is 22.5 Å². The second kappa shape index (κ2) is 3.52. The Kier molecular flexibility index (Phi) is 2.01. The lowest BCUT2D eigenvalue weighted by atomic mass is 9.94. The number of aliphatic carboxylic acids is 1. The fourth-order valence-corrected chi connectivity index (χ4v) is 1.97. The molecule has 0 atom stereocenters. The van der Waals surface area contributed by atoms with Gasteiger partial charge >= 0.3 is 5.97 Å². The van der Waals surface area contributed by atoms with Crippen LogP contribution in [0.4, 0.5) is 5.69 Å². The summed E-state index contributed by atoms with van der Waals surface area (Å²) in [6.07, 6.45) is 5.01. The molecular formula is C13H10N2O2. The molecule has 2 aliphatic heterocycles. The molecule has 17 heavy (non-hydrogen) atoms. The third kappa shape index (κ3) is 1.50. The first-order valence-corrected chi connectivity index (χ1v) is 5.24. The van der Waals surface area contributed by atoms with Gasteiger partial charge in [-0.05, 0) is 12.1 Å². The van der Waals surface area contributed by atoms with Crippen LogP contribution in [0.25, 0.3) is 5.57 Å². The Balaban J connectivity index is 2.14. The summed E-state index contributed by atoms with van der Waals surface area (Å²) in [5.41, 5.74) is 4.03. The molecule has 0 radical (unpaired) electrons. The maximum Gasteiger partial charge on any atom is 0.337 e. The van der Waals surface area contributed by atoms with Gasteiger partial charge in [-0.1, -0.05) is 18.2 Å². The smallest absolute Gasteiger partial charge is 0.337 e. The van der Waals surface area contributed by atoms with Gasteiger partial charge in [0, 0.05) is 29.2 Å². The van der Waals surface area contributed by atoms with Crippen LogP contribution in [-0.2, 0) is 4.79 Å². The zero-order valence-corrected chi connectivity index (χ0v) is 8.90. The molecule has 2 aliphatic rings. The summed E-state index contributed by atoms with van der Waals surface area (Å²) in [5.74, 6) is -0.930. The highest BCUT2D eigenvalue weighted by Gasteiger charge is 2.20. The topological polar surface area (TPSA) is 61.4 Å². The molecule has 0 unspecified atom stereocenters. The number of anilines is 1. The van der Waals surface area contributed by atoms with E-state index < -0.39 is 5.97 Å². The van der Waals surface area contributed by atoms with E-state index in [0.29, 0.717) is 0 Å². The van der Waals surface area contributed by atoms with Gasteiger partial charge in [0.1, 0.15) is 0 Å². The van der Waals surface area contributed by atoms with Crippen LogP contribution in [-0.4, -0.2) is 11.1 Å². The van der Waals surface area contributed by atoms with Gasteiger partial charge in [-0.25, -0.2) is 4.79 Å². The SMILES string of the molecule is O=C(O)C1=CNC2=CNc3ccccc3C2=C1. The van der Waals surface area contributed by atoms with Crippen molar-refractivity contribution in [1.29, 1.82) is 0 Å². The number of allylic oxidation sites excluding steroid dienone is 1. The molecule has 1 aromatic rings. The molecule has 0 aromatic heterocycles. The van der Waals surface area contributed by atoms with Crippen LogP contribution in [0.15, 0.2) is 54.0 Å². The van der Waals surface area contributed by atoms with E-state index in [4.69, 9.17) is 5.11 Å². The van der Waals surface area contributed by atoms with Crippen molar-refractivity contribution in [3.63, 3.8) is 0 Å². The highest BCUT2D eigenvalue weighted by Crippen LogP contribution is 2.34. The van der Waals surface area contributed by atoms with Crippen LogP contribution in [0.3, 0.4) is 0 Å². The third-order valence-electron chi connectivity index (χ3n) is 2.81.